The fourth-order valence-corrected chi connectivity index (χ4v) is 3.58. The third-order valence-electron chi connectivity index (χ3n) is 4.18. The minimum absolute atomic E-state index is 0.0270. The quantitative estimate of drug-likeness (QED) is 0.327. The number of benzene rings is 2. The highest BCUT2D eigenvalue weighted by Gasteiger charge is 2.40. The molecule has 29 heavy (non-hydrogen) atoms. The van der Waals surface area contributed by atoms with Crippen LogP contribution >= 0.6 is 11.8 Å². The molecule has 0 aliphatic carbocycles. The van der Waals surface area contributed by atoms with E-state index in [1.165, 1.54) is 19.2 Å². The number of para-hydroxylation sites is 1. The third kappa shape index (κ3) is 4.57. The number of nitrogens with two attached hydrogens (primary N) is 1. The van der Waals surface area contributed by atoms with Crippen LogP contribution in [0, 0.1) is 5.82 Å². The lowest BCUT2D eigenvalue weighted by Gasteiger charge is -2.14. The van der Waals surface area contributed by atoms with Crippen molar-refractivity contribution in [1.29, 1.82) is 0 Å². The predicted octanol–water partition coefficient (Wildman–Crippen LogP) is 2.69. The molecular formula is C20H19FN4O3S. The van der Waals surface area contributed by atoms with Crippen LogP contribution in [-0.4, -0.2) is 29.3 Å². The van der Waals surface area contributed by atoms with Crippen LogP contribution in [0.5, 0.6) is 5.75 Å². The van der Waals surface area contributed by atoms with Crippen LogP contribution in [0.25, 0.3) is 5.70 Å². The van der Waals surface area contributed by atoms with Crippen LogP contribution in [0.1, 0.15) is 12.0 Å². The van der Waals surface area contributed by atoms with Gasteiger partial charge in [-0.05, 0) is 30.3 Å². The van der Waals surface area contributed by atoms with Crippen molar-refractivity contribution in [3.8, 4) is 5.75 Å². The van der Waals surface area contributed by atoms with E-state index in [0.29, 0.717) is 16.9 Å². The molecule has 2 amide bonds. The van der Waals surface area contributed by atoms with Gasteiger partial charge in [0.2, 0.25) is 11.8 Å². The van der Waals surface area contributed by atoms with Gasteiger partial charge in [-0.25, -0.2) is 9.29 Å². The molecular weight excluding hydrogens is 395 g/mol. The smallest absolute Gasteiger partial charge is 0.247 e. The van der Waals surface area contributed by atoms with Gasteiger partial charge in [0.05, 0.1) is 18.5 Å². The average molecular weight is 414 g/mol. The Morgan fingerprint density at radius 2 is 2.03 bits per heavy atom. The Bertz CT molecular complexity index is 981. The molecule has 1 unspecified atom stereocenters. The second-order valence-corrected chi connectivity index (χ2v) is 7.33. The van der Waals surface area contributed by atoms with Gasteiger partial charge in [0.15, 0.2) is 16.7 Å². The van der Waals surface area contributed by atoms with Gasteiger partial charge in [0.1, 0.15) is 5.25 Å². The molecule has 0 radical (unpaired) electrons. The van der Waals surface area contributed by atoms with E-state index >= 15 is 0 Å². The standard InChI is InChI=1S/C20H19FN4O3S/c1-12(13-8-9-16(28-2)15(21)10-13)23-24-20(22)29-17-11-18(26)25(19(17)27)14-6-4-3-5-7-14/h3-10,17,23H,1,11H2,2H3,(H2,22,24). The van der Waals surface area contributed by atoms with Crippen molar-refractivity contribution in [2.45, 2.75) is 11.7 Å². The lowest BCUT2D eigenvalue weighted by Crippen LogP contribution is -2.31. The Labute approximate surface area is 171 Å². The molecule has 0 spiro atoms. The molecule has 9 heteroatoms. The van der Waals surface area contributed by atoms with Gasteiger partial charge < -0.3 is 10.5 Å². The van der Waals surface area contributed by atoms with Gasteiger partial charge in [-0.15, -0.1) is 0 Å². The van der Waals surface area contributed by atoms with E-state index in [1.54, 1.807) is 36.4 Å². The molecule has 0 saturated carbocycles. The molecule has 2 aromatic rings. The number of anilines is 1. The number of nitrogens with one attached hydrogen (secondary N) is 1. The van der Waals surface area contributed by atoms with Crippen molar-refractivity contribution in [1.82, 2.24) is 5.43 Å². The summed E-state index contributed by atoms with van der Waals surface area (Å²) >= 11 is 0.982. The van der Waals surface area contributed by atoms with Gasteiger partial charge in [0.25, 0.3) is 0 Å². The molecule has 3 rings (SSSR count). The van der Waals surface area contributed by atoms with E-state index in [2.05, 4.69) is 17.1 Å². The molecule has 1 fully saturated rings. The zero-order valence-electron chi connectivity index (χ0n) is 15.6. The third-order valence-corrected chi connectivity index (χ3v) is 5.17. The zero-order valence-corrected chi connectivity index (χ0v) is 16.4. The Morgan fingerprint density at radius 1 is 1.31 bits per heavy atom. The molecule has 2 aromatic carbocycles. The number of amidine groups is 1. The summed E-state index contributed by atoms with van der Waals surface area (Å²) in [7, 11) is 1.38. The summed E-state index contributed by atoms with van der Waals surface area (Å²) in [5.74, 6) is -1.05. The lowest BCUT2D eigenvalue weighted by atomic mass is 10.1. The highest BCUT2D eigenvalue weighted by Crippen LogP contribution is 2.29. The highest BCUT2D eigenvalue weighted by atomic mass is 32.2. The Hall–Kier alpha value is -3.33. The van der Waals surface area contributed by atoms with Crippen LogP contribution in [-0.2, 0) is 9.59 Å². The maximum Gasteiger partial charge on any atom is 0.247 e. The van der Waals surface area contributed by atoms with Gasteiger partial charge in [-0.1, -0.05) is 36.5 Å². The van der Waals surface area contributed by atoms with Crippen molar-refractivity contribution in [3.05, 3.63) is 66.5 Å². The van der Waals surface area contributed by atoms with Crippen LogP contribution < -0.4 is 20.8 Å². The number of methoxy groups -OCH3 is 1. The fourth-order valence-electron chi connectivity index (χ4n) is 2.76. The second kappa shape index (κ2) is 8.78. The molecule has 0 bridgehead atoms. The summed E-state index contributed by atoms with van der Waals surface area (Å²) in [5, 5.41) is 3.36. The highest BCUT2D eigenvalue weighted by molar-refractivity contribution is 8.14. The summed E-state index contributed by atoms with van der Waals surface area (Å²) in [4.78, 5) is 26.0. The predicted molar refractivity (Wildman–Crippen MR) is 112 cm³/mol. The normalized spacial score (nSPS) is 16.8. The van der Waals surface area contributed by atoms with E-state index in [-0.39, 0.29) is 29.2 Å². The monoisotopic (exact) mass is 414 g/mol. The Morgan fingerprint density at radius 3 is 2.69 bits per heavy atom. The molecule has 1 aliphatic heterocycles. The van der Waals surface area contributed by atoms with Crippen LogP contribution in [0.2, 0.25) is 0 Å². The number of halogens is 1. The molecule has 1 atom stereocenters. The number of imide groups is 1. The SMILES string of the molecule is C=C(NN=C(N)SC1CC(=O)N(c2ccccc2)C1=O)c1ccc(OC)c(F)c1. The van der Waals surface area contributed by atoms with Crippen molar-refractivity contribution >= 4 is 40.1 Å². The maximum atomic E-state index is 13.8. The number of carbonyl (C=O) groups excluding carboxylic acids is 2. The first kappa shape index (κ1) is 20.4. The summed E-state index contributed by atoms with van der Waals surface area (Å²) in [5.41, 5.74) is 9.82. The van der Waals surface area contributed by atoms with Crippen molar-refractivity contribution in [2.24, 2.45) is 10.8 Å². The molecule has 1 saturated heterocycles. The van der Waals surface area contributed by atoms with Gasteiger partial charge in [-0.3, -0.25) is 15.0 Å². The number of rotatable bonds is 6. The zero-order chi connectivity index (χ0) is 21.0. The van der Waals surface area contributed by atoms with E-state index in [9.17, 15) is 14.0 Å². The van der Waals surface area contributed by atoms with Crippen molar-refractivity contribution < 1.29 is 18.7 Å². The van der Waals surface area contributed by atoms with E-state index < -0.39 is 11.1 Å². The minimum atomic E-state index is -0.667. The largest absolute Gasteiger partial charge is 0.494 e. The molecule has 0 aromatic heterocycles. The van der Waals surface area contributed by atoms with E-state index in [0.717, 1.165) is 16.7 Å². The first-order valence-electron chi connectivity index (χ1n) is 8.61. The van der Waals surface area contributed by atoms with Crippen LogP contribution in [0.3, 0.4) is 0 Å². The molecule has 1 aliphatic rings. The number of hydrogen-bond donors (Lipinski definition) is 2. The number of amides is 2. The first-order valence-corrected chi connectivity index (χ1v) is 9.49. The van der Waals surface area contributed by atoms with Gasteiger partial charge in [-0.2, -0.15) is 5.10 Å². The van der Waals surface area contributed by atoms with Gasteiger partial charge in [0, 0.05) is 12.0 Å². The van der Waals surface area contributed by atoms with Crippen molar-refractivity contribution in [3.63, 3.8) is 0 Å². The number of thioether (sulfide) groups is 1. The average Bonchev–Trinajstić information content (AvgIpc) is 2.99. The van der Waals surface area contributed by atoms with Crippen molar-refractivity contribution in [2.75, 3.05) is 12.0 Å². The summed E-state index contributed by atoms with van der Waals surface area (Å²) < 4.78 is 18.7. The molecule has 3 N–H and O–H groups in total. The fraction of sp³-hybridized carbons (Fsp3) is 0.150. The number of hydrogen-bond acceptors (Lipinski definition) is 6. The maximum absolute atomic E-state index is 13.8. The number of hydrazone groups is 1. The summed E-state index contributed by atoms with van der Waals surface area (Å²) in [6.07, 6.45) is 0.0270. The second-order valence-electron chi connectivity index (χ2n) is 6.10. The van der Waals surface area contributed by atoms with Crippen LogP contribution in [0.15, 0.2) is 60.2 Å². The Balaban J connectivity index is 1.62. The number of ether oxygens (including phenoxy) is 1. The minimum Gasteiger partial charge on any atom is -0.494 e. The summed E-state index contributed by atoms with van der Waals surface area (Å²) in [6.45, 7) is 3.78. The molecule has 150 valence electrons. The van der Waals surface area contributed by atoms with Gasteiger partial charge >= 0.3 is 0 Å². The number of nitrogens with zero attached hydrogens (tertiary/aromatic N) is 2. The molecule has 1 heterocycles. The topological polar surface area (TPSA) is 97.0 Å². The van der Waals surface area contributed by atoms with E-state index in [1.807, 2.05) is 0 Å². The number of carbonyl (C=O) groups is 2. The van der Waals surface area contributed by atoms with Crippen LogP contribution in [0.4, 0.5) is 10.1 Å². The summed E-state index contributed by atoms with van der Waals surface area (Å²) in [6, 6.07) is 13.0. The molecule has 7 nitrogen and oxygen atoms in total. The first-order chi connectivity index (χ1) is 13.9. The van der Waals surface area contributed by atoms with E-state index in [4.69, 9.17) is 10.5 Å². The lowest BCUT2D eigenvalue weighted by molar-refractivity contribution is -0.121. The Kier molecular flexibility index (Phi) is 6.18.